The molecule has 3 aromatic heterocycles. The van der Waals surface area contributed by atoms with E-state index in [1.165, 1.54) is 0 Å². The molecule has 0 amide bonds. The van der Waals surface area contributed by atoms with Crippen LogP contribution in [0.4, 0.5) is 0 Å². The van der Waals surface area contributed by atoms with Crippen molar-refractivity contribution in [3.63, 3.8) is 0 Å². The average Bonchev–Trinajstić information content (AvgIpc) is 3.36. The molecule has 28 heavy (non-hydrogen) atoms. The van der Waals surface area contributed by atoms with Crippen molar-refractivity contribution in [2.45, 2.75) is 13.0 Å². The summed E-state index contributed by atoms with van der Waals surface area (Å²) in [5.74, 6) is 6.59. The average molecular weight is 409 g/mol. The maximum Gasteiger partial charge on any atom is 0.186 e. The number of hydrogen-bond donors (Lipinski definition) is 0. The van der Waals surface area contributed by atoms with Crippen LogP contribution in [-0.4, -0.2) is 19.9 Å². The summed E-state index contributed by atoms with van der Waals surface area (Å²) < 4.78 is 7.08. The first kappa shape index (κ1) is 18.3. The molecule has 3 heterocycles. The minimum Gasteiger partial charge on any atom is -0.353 e. The number of nitrogens with zero attached hydrogens (tertiary/aromatic N) is 4. The highest BCUT2D eigenvalue weighted by atomic mass is 35.5. The van der Waals surface area contributed by atoms with E-state index in [9.17, 15) is 0 Å². The highest BCUT2D eigenvalue weighted by molar-refractivity contribution is 6.36. The number of hydrogen-bond acceptors (Lipinski definition) is 4. The molecule has 1 aromatic carbocycles. The highest BCUT2D eigenvalue weighted by Gasteiger charge is 2.16. The zero-order chi connectivity index (χ0) is 19.5. The van der Waals surface area contributed by atoms with Crippen LogP contribution in [0, 0.1) is 11.8 Å². The fraction of sp³-hybridized carbons (Fsp3) is 0.0952. The van der Waals surface area contributed by atoms with Crippen molar-refractivity contribution in [1.29, 1.82) is 0 Å². The summed E-state index contributed by atoms with van der Waals surface area (Å²) in [6.45, 7) is 1.98. The second-order valence-electron chi connectivity index (χ2n) is 6.06. The van der Waals surface area contributed by atoms with Crippen LogP contribution < -0.4 is 0 Å². The van der Waals surface area contributed by atoms with E-state index in [1.54, 1.807) is 23.1 Å². The van der Waals surface area contributed by atoms with Crippen molar-refractivity contribution in [2.75, 3.05) is 0 Å². The van der Waals surface area contributed by atoms with Gasteiger partial charge in [0.15, 0.2) is 11.5 Å². The lowest BCUT2D eigenvalue weighted by atomic mass is 10.1. The Kier molecular flexibility index (Phi) is 5.16. The fourth-order valence-electron chi connectivity index (χ4n) is 2.76. The first-order valence-electron chi connectivity index (χ1n) is 8.50. The normalized spacial score (nSPS) is 11.7. The Morgan fingerprint density at radius 2 is 1.89 bits per heavy atom. The van der Waals surface area contributed by atoms with E-state index in [2.05, 4.69) is 27.1 Å². The largest absolute Gasteiger partial charge is 0.353 e. The smallest absolute Gasteiger partial charge is 0.186 e. The van der Waals surface area contributed by atoms with E-state index in [0.717, 1.165) is 11.1 Å². The summed E-state index contributed by atoms with van der Waals surface area (Å²) in [4.78, 5) is 4.23. The minimum atomic E-state index is -0.125. The Morgan fingerprint density at radius 1 is 1.07 bits per heavy atom. The molecule has 0 saturated heterocycles. The maximum absolute atomic E-state index is 6.30. The van der Waals surface area contributed by atoms with Crippen molar-refractivity contribution in [3.05, 3.63) is 87.9 Å². The van der Waals surface area contributed by atoms with E-state index < -0.39 is 0 Å². The third kappa shape index (κ3) is 3.79. The first-order chi connectivity index (χ1) is 13.6. The van der Waals surface area contributed by atoms with E-state index >= 15 is 0 Å². The molecule has 0 aliphatic rings. The Bertz CT molecular complexity index is 1150. The molecule has 0 fully saturated rings. The molecular weight excluding hydrogens is 395 g/mol. The third-order valence-electron chi connectivity index (χ3n) is 4.18. The highest BCUT2D eigenvalue weighted by Crippen LogP contribution is 2.32. The van der Waals surface area contributed by atoms with Crippen LogP contribution >= 0.6 is 23.2 Å². The molecule has 0 aliphatic carbocycles. The summed E-state index contributed by atoms with van der Waals surface area (Å²) in [7, 11) is 0. The summed E-state index contributed by atoms with van der Waals surface area (Å²) >= 11 is 12.6. The molecule has 0 spiro atoms. The van der Waals surface area contributed by atoms with Crippen molar-refractivity contribution >= 4 is 23.2 Å². The van der Waals surface area contributed by atoms with Gasteiger partial charge in [0.25, 0.3) is 0 Å². The van der Waals surface area contributed by atoms with Gasteiger partial charge in [0.1, 0.15) is 5.69 Å². The first-order valence-corrected chi connectivity index (χ1v) is 9.25. The van der Waals surface area contributed by atoms with Crippen LogP contribution in [0.25, 0.3) is 11.5 Å². The predicted octanol–water partition coefficient (Wildman–Crippen LogP) is 5.25. The van der Waals surface area contributed by atoms with Crippen LogP contribution in [0.2, 0.25) is 10.0 Å². The molecule has 1 atom stereocenters. The molecule has 0 aliphatic heterocycles. The molecule has 1 unspecified atom stereocenters. The molecule has 5 nitrogen and oxygen atoms in total. The SMILES string of the molecule is CC(c1c(Cl)cccc1Cl)n1cc(C#Cc2cc(-c3ccccn3)on2)cn1. The summed E-state index contributed by atoms with van der Waals surface area (Å²) in [6, 6.07) is 12.7. The standard InChI is InChI=1S/C21H14Cl2N4O/c1-14(21-17(22)5-4-6-18(21)23)27-13-15(12-25-27)8-9-16-11-20(28-26-16)19-7-2-3-10-24-19/h2-7,10-14H,1H3. The molecule has 4 aromatic rings. The van der Waals surface area contributed by atoms with Crippen LogP contribution in [0.15, 0.2) is 65.6 Å². The van der Waals surface area contributed by atoms with Crippen molar-refractivity contribution in [3.8, 4) is 23.3 Å². The van der Waals surface area contributed by atoms with Gasteiger partial charge in [0.05, 0.1) is 17.8 Å². The van der Waals surface area contributed by atoms with Gasteiger partial charge in [-0.3, -0.25) is 9.67 Å². The molecule has 4 rings (SSSR count). The van der Waals surface area contributed by atoms with E-state index in [-0.39, 0.29) is 6.04 Å². The second kappa shape index (κ2) is 7.89. The minimum absolute atomic E-state index is 0.125. The van der Waals surface area contributed by atoms with Crippen LogP contribution in [-0.2, 0) is 0 Å². The number of aromatic nitrogens is 4. The van der Waals surface area contributed by atoms with E-state index in [1.807, 2.05) is 49.5 Å². The second-order valence-corrected chi connectivity index (χ2v) is 6.88. The van der Waals surface area contributed by atoms with Crippen molar-refractivity contribution in [1.82, 2.24) is 19.9 Å². The van der Waals surface area contributed by atoms with Gasteiger partial charge < -0.3 is 4.52 Å². The molecule has 7 heteroatoms. The van der Waals surface area contributed by atoms with Crippen molar-refractivity contribution < 1.29 is 4.52 Å². The molecule has 138 valence electrons. The van der Waals surface area contributed by atoms with Gasteiger partial charge in [0, 0.05) is 34.1 Å². The Hall–Kier alpha value is -3.07. The Balaban J connectivity index is 1.54. The van der Waals surface area contributed by atoms with Gasteiger partial charge in [-0.15, -0.1) is 0 Å². The van der Waals surface area contributed by atoms with Gasteiger partial charge in [-0.05, 0) is 37.1 Å². The summed E-state index contributed by atoms with van der Waals surface area (Å²) in [5.41, 5.74) is 2.80. The topological polar surface area (TPSA) is 56.7 Å². The van der Waals surface area contributed by atoms with Crippen LogP contribution in [0.3, 0.4) is 0 Å². The molecule has 0 saturated carbocycles. The Morgan fingerprint density at radius 3 is 2.64 bits per heavy atom. The quantitative estimate of drug-likeness (QED) is 0.434. The Labute approximate surface area is 171 Å². The zero-order valence-corrected chi connectivity index (χ0v) is 16.3. The van der Waals surface area contributed by atoms with Gasteiger partial charge in [-0.1, -0.05) is 46.4 Å². The van der Waals surface area contributed by atoms with Gasteiger partial charge in [-0.25, -0.2) is 0 Å². The molecular formula is C21H14Cl2N4O. The number of rotatable bonds is 3. The fourth-order valence-corrected chi connectivity index (χ4v) is 3.47. The predicted molar refractivity (Wildman–Crippen MR) is 108 cm³/mol. The molecule has 0 radical (unpaired) electrons. The van der Waals surface area contributed by atoms with Gasteiger partial charge in [0.2, 0.25) is 0 Å². The van der Waals surface area contributed by atoms with Gasteiger partial charge >= 0.3 is 0 Å². The monoisotopic (exact) mass is 408 g/mol. The van der Waals surface area contributed by atoms with Gasteiger partial charge in [-0.2, -0.15) is 5.10 Å². The third-order valence-corrected chi connectivity index (χ3v) is 4.84. The molecule has 0 N–H and O–H groups in total. The van der Waals surface area contributed by atoms with E-state index in [0.29, 0.717) is 27.2 Å². The molecule has 0 bridgehead atoms. The summed E-state index contributed by atoms with van der Waals surface area (Å²) in [6.07, 6.45) is 5.23. The lowest BCUT2D eigenvalue weighted by Crippen LogP contribution is -2.08. The van der Waals surface area contributed by atoms with Crippen LogP contribution in [0.5, 0.6) is 0 Å². The lowest BCUT2D eigenvalue weighted by molar-refractivity contribution is 0.429. The lowest BCUT2D eigenvalue weighted by Gasteiger charge is -2.15. The zero-order valence-electron chi connectivity index (χ0n) is 14.8. The van der Waals surface area contributed by atoms with Crippen LogP contribution in [0.1, 0.15) is 29.8 Å². The number of halogens is 2. The number of pyridine rings is 1. The maximum atomic E-state index is 6.30. The van der Waals surface area contributed by atoms with Crippen molar-refractivity contribution in [2.24, 2.45) is 0 Å². The number of benzene rings is 1. The summed E-state index contributed by atoms with van der Waals surface area (Å²) in [5, 5.41) is 9.56. The van der Waals surface area contributed by atoms with E-state index in [4.69, 9.17) is 27.7 Å².